The average molecular weight is 470 g/mol. The van der Waals surface area contributed by atoms with Gasteiger partial charge < -0.3 is 4.90 Å². The highest BCUT2D eigenvalue weighted by molar-refractivity contribution is 5.85. The summed E-state index contributed by atoms with van der Waals surface area (Å²) in [7, 11) is 0. The first-order valence-electron chi connectivity index (χ1n) is 10.2. The Balaban J connectivity index is 0.00000225. The van der Waals surface area contributed by atoms with Gasteiger partial charge in [0.25, 0.3) is 0 Å². The third kappa shape index (κ3) is 7.59. The van der Waals surface area contributed by atoms with Crippen molar-refractivity contribution < 1.29 is 18.0 Å². The molecule has 2 saturated heterocycles. The van der Waals surface area contributed by atoms with Crippen LogP contribution in [0.3, 0.4) is 0 Å². The van der Waals surface area contributed by atoms with E-state index in [1.807, 2.05) is 4.90 Å². The van der Waals surface area contributed by atoms with Crippen molar-refractivity contribution in [2.75, 3.05) is 57.3 Å². The second-order valence-electron chi connectivity index (χ2n) is 8.05. The molecule has 2 heterocycles. The monoisotopic (exact) mass is 469 g/mol. The Hall–Kier alpha value is -1.02. The summed E-state index contributed by atoms with van der Waals surface area (Å²) < 4.78 is 39.7. The normalized spacial score (nSPS) is 19.1. The SMILES string of the molecule is CC(=O)CN1CCC(CCN2CCN(c3ccccc3C(F)(F)F)CC2)CC1.Cl.Cl. The molecule has 0 bridgehead atoms. The number of nitrogens with zero attached hydrogens (tertiary/aromatic N) is 3. The molecule has 0 aliphatic carbocycles. The zero-order chi connectivity index (χ0) is 20.1. The van der Waals surface area contributed by atoms with Gasteiger partial charge in [0.2, 0.25) is 0 Å². The van der Waals surface area contributed by atoms with E-state index < -0.39 is 11.7 Å². The minimum Gasteiger partial charge on any atom is -0.368 e. The number of likely N-dealkylation sites (tertiary alicyclic amines) is 1. The van der Waals surface area contributed by atoms with E-state index in [0.717, 1.165) is 52.0 Å². The molecule has 2 fully saturated rings. The van der Waals surface area contributed by atoms with Gasteiger partial charge in [-0.3, -0.25) is 14.6 Å². The van der Waals surface area contributed by atoms with Gasteiger partial charge in [-0.05, 0) is 63.9 Å². The number of benzene rings is 1. The van der Waals surface area contributed by atoms with Gasteiger partial charge in [-0.2, -0.15) is 13.2 Å². The molecule has 2 aliphatic rings. The molecule has 0 saturated carbocycles. The molecule has 4 nitrogen and oxygen atoms in total. The predicted molar refractivity (Wildman–Crippen MR) is 119 cm³/mol. The van der Waals surface area contributed by atoms with Crippen LogP contribution >= 0.6 is 24.8 Å². The van der Waals surface area contributed by atoms with Gasteiger partial charge >= 0.3 is 6.18 Å². The van der Waals surface area contributed by atoms with Crippen LogP contribution in [-0.4, -0.2) is 67.9 Å². The number of hydrogen-bond acceptors (Lipinski definition) is 4. The lowest BCUT2D eigenvalue weighted by Crippen LogP contribution is -2.47. The molecule has 0 unspecified atom stereocenters. The van der Waals surface area contributed by atoms with Crippen LogP contribution in [0.5, 0.6) is 0 Å². The smallest absolute Gasteiger partial charge is 0.368 e. The number of alkyl halides is 3. The zero-order valence-corrected chi connectivity index (χ0v) is 19.0. The van der Waals surface area contributed by atoms with Crippen molar-refractivity contribution >= 4 is 36.3 Å². The third-order valence-corrected chi connectivity index (χ3v) is 5.93. The highest BCUT2D eigenvalue weighted by Crippen LogP contribution is 2.36. The molecule has 1 aromatic rings. The highest BCUT2D eigenvalue weighted by Gasteiger charge is 2.35. The Bertz CT molecular complexity index is 659. The van der Waals surface area contributed by atoms with E-state index in [0.29, 0.717) is 31.2 Å². The van der Waals surface area contributed by atoms with Gasteiger partial charge in [-0.1, -0.05) is 12.1 Å². The summed E-state index contributed by atoms with van der Waals surface area (Å²) in [5.74, 6) is 0.913. The first kappa shape index (κ1) is 27.0. The van der Waals surface area contributed by atoms with Gasteiger partial charge in [-0.15, -0.1) is 24.8 Å². The van der Waals surface area contributed by atoms with Crippen molar-refractivity contribution in [1.82, 2.24) is 9.80 Å². The zero-order valence-electron chi connectivity index (χ0n) is 17.4. The number of anilines is 1. The number of rotatable bonds is 6. The number of piperidine rings is 1. The Kier molecular flexibility index (Phi) is 10.9. The predicted octanol–water partition coefficient (Wildman–Crippen LogP) is 4.36. The van der Waals surface area contributed by atoms with Crippen molar-refractivity contribution in [2.45, 2.75) is 32.4 Å². The van der Waals surface area contributed by atoms with Crippen LogP contribution in [0.15, 0.2) is 24.3 Å². The summed E-state index contributed by atoms with van der Waals surface area (Å²) in [5.41, 5.74) is -0.242. The van der Waals surface area contributed by atoms with Gasteiger partial charge in [-0.25, -0.2) is 0 Å². The van der Waals surface area contributed by atoms with E-state index in [1.165, 1.54) is 12.1 Å². The van der Waals surface area contributed by atoms with E-state index in [-0.39, 0.29) is 30.6 Å². The van der Waals surface area contributed by atoms with Crippen LogP contribution in [0.2, 0.25) is 0 Å². The van der Waals surface area contributed by atoms with Gasteiger partial charge in [0.05, 0.1) is 12.1 Å². The van der Waals surface area contributed by atoms with E-state index in [2.05, 4.69) is 9.80 Å². The van der Waals surface area contributed by atoms with E-state index in [4.69, 9.17) is 0 Å². The van der Waals surface area contributed by atoms with Crippen molar-refractivity contribution in [2.24, 2.45) is 5.92 Å². The molecule has 0 aromatic heterocycles. The number of halogens is 5. The van der Waals surface area contributed by atoms with Crippen molar-refractivity contribution in [1.29, 1.82) is 0 Å². The van der Waals surface area contributed by atoms with Crippen molar-refractivity contribution in [3.63, 3.8) is 0 Å². The fourth-order valence-electron chi connectivity index (χ4n) is 4.31. The summed E-state index contributed by atoms with van der Waals surface area (Å²) >= 11 is 0. The quantitative estimate of drug-likeness (QED) is 0.618. The standard InChI is InChI=1S/C21H30F3N3O.2ClH/c1-17(28)16-26-10-7-18(8-11-26)6-9-25-12-14-27(15-13-25)20-5-3-2-4-19(20)21(22,23)24;;/h2-5,18H,6-16H2,1H3;2*1H. The molecule has 0 N–H and O–H groups in total. The fraction of sp³-hybridized carbons (Fsp3) is 0.667. The molecule has 3 rings (SSSR count). The van der Waals surface area contributed by atoms with Crippen LogP contribution in [0, 0.1) is 5.92 Å². The van der Waals surface area contributed by atoms with Gasteiger partial charge in [0.15, 0.2) is 0 Å². The van der Waals surface area contributed by atoms with E-state index in [1.54, 1.807) is 19.1 Å². The summed E-state index contributed by atoms with van der Waals surface area (Å²) in [4.78, 5) is 17.7. The second-order valence-corrected chi connectivity index (χ2v) is 8.05. The fourth-order valence-corrected chi connectivity index (χ4v) is 4.31. The number of piperazine rings is 1. The van der Waals surface area contributed by atoms with Crippen LogP contribution in [-0.2, 0) is 11.0 Å². The average Bonchev–Trinajstić information content (AvgIpc) is 2.67. The lowest BCUT2D eigenvalue weighted by Gasteiger charge is -2.38. The molecule has 0 amide bonds. The number of para-hydroxylation sites is 1. The highest BCUT2D eigenvalue weighted by atomic mass is 35.5. The molecule has 0 atom stereocenters. The van der Waals surface area contributed by atoms with Gasteiger partial charge in [0, 0.05) is 31.9 Å². The Morgan fingerprint density at radius 1 is 0.967 bits per heavy atom. The molecule has 0 spiro atoms. The number of carbonyl (C=O) groups excluding carboxylic acids is 1. The first-order chi connectivity index (χ1) is 13.3. The first-order valence-corrected chi connectivity index (χ1v) is 10.2. The lowest BCUT2D eigenvalue weighted by molar-refractivity contribution is -0.137. The third-order valence-electron chi connectivity index (χ3n) is 5.93. The van der Waals surface area contributed by atoms with Gasteiger partial charge in [0.1, 0.15) is 5.78 Å². The number of ketones is 1. The van der Waals surface area contributed by atoms with Crippen LogP contribution < -0.4 is 4.90 Å². The summed E-state index contributed by atoms with van der Waals surface area (Å²) in [5, 5.41) is 0. The maximum Gasteiger partial charge on any atom is 0.418 e. The molecule has 2 aliphatic heterocycles. The number of carbonyl (C=O) groups is 1. The number of Topliss-reactive ketones (excluding diaryl/α,β-unsaturated/α-hetero) is 1. The Morgan fingerprint density at radius 2 is 1.57 bits per heavy atom. The molecule has 172 valence electrons. The summed E-state index contributed by atoms with van der Waals surface area (Å²) in [6.45, 7) is 8.05. The second kappa shape index (κ2) is 12.1. The minimum absolute atomic E-state index is 0. The minimum atomic E-state index is -4.31. The largest absolute Gasteiger partial charge is 0.418 e. The summed E-state index contributed by atoms with van der Waals surface area (Å²) in [6.07, 6.45) is -0.920. The van der Waals surface area contributed by atoms with Crippen LogP contribution in [0.25, 0.3) is 0 Å². The Morgan fingerprint density at radius 3 is 2.13 bits per heavy atom. The molecule has 1 aromatic carbocycles. The molecular weight excluding hydrogens is 438 g/mol. The Labute approximate surface area is 189 Å². The lowest BCUT2D eigenvalue weighted by atomic mass is 9.93. The molecule has 0 radical (unpaired) electrons. The van der Waals surface area contributed by atoms with Crippen molar-refractivity contribution in [3.05, 3.63) is 29.8 Å². The van der Waals surface area contributed by atoms with E-state index >= 15 is 0 Å². The van der Waals surface area contributed by atoms with Crippen LogP contribution in [0.4, 0.5) is 18.9 Å². The summed E-state index contributed by atoms with van der Waals surface area (Å²) in [6, 6.07) is 5.87. The van der Waals surface area contributed by atoms with E-state index in [9.17, 15) is 18.0 Å². The molecule has 9 heteroatoms. The molecule has 30 heavy (non-hydrogen) atoms. The number of hydrogen-bond donors (Lipinski definition) is 0. The molecular formula is C21H32Cl2F3N3O. The van der Waals surface area contributed by atoms with Crippen molar-refractivity contribution in [3.8, 4) is 0 Å². The topological polar surface area (TPSA) is 26.8 Å². The maximum absolute atomic E-state index is 13.2. The van der Waals surface area contributed by atoms with Crippen LogP contribution in [0.1, 0.15) is 31.7 Å². The maximum atomic E-state index is 13.2.